The van der Waals surface area contributed by atoms with Gasteiger partial charge in [-0.3, -0.25) is 4.79 Å². The Labute approximate surface area is 247 Å². The summed E-state index contributed by atoms with van der Waals surface area (Å²) in [7, 11) is 0. The number of amides is 1. The summed E-state index contributed by atoms with van der Waals surface area (Å²) in [6, 6.07) is 0. The molecule has 0 saturated carbocycles. The number of nitrogens with one attached hydrogen (secondary N) is 1. The number of rotatable bonds is 22. The number of hydrogen-bond acceptors (Lipinski definition) is 5. The van der Waals surface area contributed by atoms with Gasteiger partial charge in [-0.1, -0.05) is 130 Å². The van der Waals surface area contributed by atoms with Crippen molar-refractivity contribution in [3.8, 4) is 0 Å². The smallest absolute Gasteiger partial charge is 0.333 e. The molecule has 0 radical (unpaired) electrons. The third-order valence-corrected chi connectivity index (χ3v) is 6.56. The molecule has 1 fully saturated rings. The molecule has 1 amide bonds. The third kappa shape index (κ3) is 32.1. The van der Waals surface area contributed by atoms with Crippen molar-refractivity contribution in [1.29, 1.82) is 0 Å². The number of ether oxygens (including phenoxy) is 2. The van der Waals surface area contributed by atoms with Gasteiger partial charge in [-0.25, -0.2) is 9.59 Å². The molecule has 0 spiro atoms. The van der Waals surface area contributed by atoms with Crippen LogP contribution in [-0.4, -0.2) is 37.6 Å². The highest BCUT2D eigenvalue weighted by molar-refractivity contribution is 5.87. The minimum absolute atomic E-state index is 0.204. The van der Waals surface area contributed by atoms with E-state index in [0.717, 1.165) is 38.6 Å². The van der Waals surface area contributed by atoms with Gasteiger partial charge in [0, 0.05) is 24.1 Å². The molecule has 234 valence electrons. The predicted octanol–water partition coefficient (Wildman–Crippen LogP) is 9.17. The number of hydrogen-bond donors (Lipinski definition) is 1. The highest BCUT2D eigenvalue weighted by Crippen LogP contribution is 2.13. The van der Waals surface area contributed by atoms with E-state index in [-0.39, 0.29) is 17.8 Å². The summed E-state index contributed by atoms with van der Waals surface area (Å²) in [5, 5.41) is 2.68. The highest BCUT2D eigenvalue weighted by atomic mass is 16.5. The van der Waals surface area contributed by atoms with Gasteiger partial charge >= 0.3 is 11.9 Å². The average Bonchev–Trinajstić information content (AvgIpc) is 3.41. The van der Waals surface area contributed by atoms with Crippen molar-refractivity contribution in [3.05, 3.63) is 24.3 Å². The SMILES string of the molecule is C=C(C)C(=O)OCCCC.C=C(C)C(=O)OCCCCCCCCCCCCCCCCCC.O=C1CCCN1. The van der Waals surface area contributed by atoms with E-state index in [9.17, 15) is 14.4 Å². The van der Waals surface area contributed by atoms with Crippen molar-refractivity contribution >= 4 is 17.8 Å². The Balaban J connectivity index is 0. The molecule has 1 rings (SSSR count). The first kappa shape index (κ1) is 40.0. The molecule has 6 nitrogen and oxygen atoms in total. The molecule has 0 aliphatic carbocycles. The van der Waals surface area contributed by atoms with Crippen molar-refractivity contribution in [2.75, 3.05) is 19.8 Å². The molecule has 1 N–H and O–H groups in total. The molecular formula is C34H63NO5. The zero-order chi connectivity index (χ0) is 30.3. The molecule has 40 heavy (non-hydrogen) atoms. The molecule has 0 bridgehead atoms. The van der Waals surface area contributed by atoms with E-state index in [1.54, 1.807) is 13.8 Å². The second kappa shape index (κ2) is 31.4. The second-order valence-electron chi connectivity index (χ2n) is 10.9. The highest BCUT2D eigenvalue weighted by Gasteiger charge is 2.05. The summed E-state index contributed by atoms with van der Waals surface area (Å²) in [4.78, 5) is 32.0. The molecule has 1 heterocycles. The van der Waals surface area contributed by atoms with Gasteiger partial charge in [-0.2, -0.15) is 0 Å². The van der Waals surface area contributed by atoms with Crippen LogP contribution in [0.1, 0.15) is 156 Å². The number of carbonyl (C=O) groups is 3. The van der Waals surface area contributed by atoms with E-state index in [1.165, 1.54) is 96.3 Å². The van der Waals surface area contributed by atoms with Gasteiger partial charge in [-0.15, -0.1) is 0 Å². The normalized spacial score (nSPS) is 11.8. The lowest BCUT2D eigenvalue weighted by Gasteiger charge is -2.05. The first-order chi connectivity index (χ1) is 19.3. The Hall–Kier alpha value is -2.11. The topological polar surface area (TPSA) is 81.7 Å². The quantitative estimate of drug-likeness (QED) is 0.0804. The van der Waals surface area contributed by atoms with Gasteiger partial charge in [0.25, 0.3) is 0 Å². The lowest BCUT2D eigenvalue weighted by atomic mass is 10.0. The summed E-state index contributed by atoms with van der Waals surface area (Å²) >= 11 is 0. The van der Waals surface area contributed by atoms with Crippen LogP contribution in [0.3, 0.4) is 0 Å². The van der Waals surface area contributed by atoms with Crippen LogP contribution >= 0.6 is 0 Å². The molecule has 0 aromatic carbocycles. The van der Waals surface area contributed by atoms with E-state index < -0.39 is 0 Å². The Kier molecular flexibility index (Phi) is 31.4. The minimum atomic E-state index is -0.284. The molecule has 6 heteroatoms. The molecule has 1 aliphatic heterocycles. The van der Waals surface area contributed by atoms with Crippen molar-refractivity contribution in [2.45, 2.75) is 156 Å². The minimum Gasteiger partial charge on any atom is -0.462 e. The Morgan fingerprint density at radius 3 is 1.25 bits per heavy atom. The fourth-order valence-electron chi connectivity index (χ4n) is 3.94. The van der Waals surface area contributed by atoms with Crippen molar-refractivity contribution in [2.24, 2.45) is 0 Å². The van der Waals surface area contributed by atoms with Gasteiger partial charge < -0.3 is 14.8 Å². The second-order valence-corrected chi connectivity index (χ2v) is 10.9. The zero-order valence-corrected chi connectivity index (χ0v) is 26.7. The summed E-state index contributed by atoms with van der Waals surface area (Å²) in [5.41, 5.74) is 0.961. The Bertz CT molecular complexity index is 651. The fraction of sp³-hybridized carbons (Fsp3) is 0.794. The van der Waals surface area contributed by atoms with Crippen LogP contribution in [0.4, 0.5) is 0 Å². The lowest BCUT2D eigenvalue weighted by molar-refractivity contribution is -0.139. The van der Waals surface area contributed by atoms with Crippen LogP contribution in [0.25, 0.3) is 0 Å². The first-order valence-electron chi connectivity index (χ1n) is 16.2. The van der Waals surface area contributed by atoms with Crippen LogP contribution < -0.4 is 5.32 Å². The Morgan fingerprint density at radius 2 is 0.975 bits per heavy atom. The first-order valence-corrected chi connectivity index (χ1v) is 16.2. The summed E-state index contributed by atoms with van der Waals surface area (Å²) < 4.78 is 9.89. The zero-order valence-electron chi connectivity index (χ0n) is 26.7. The van der Waals surface area contributed by atoms with Crippen LogP contribution in [0.15, 0.2) is 24.3 Å². The maximum atomic E-state index is 11.2. The Morgan fingerprint density at radius 1 is 0.625 bits per heavy atom. The largest absolute Gasteiger partial charge is 0.462 e. The summed E-state index contributed by atoms with van der Waals surface area (Å²) in [5.74, 6) is -0.334. The van der Waals surface area contributed by atoms with E-state index in [0.29, 0.717) is 24.4 Å². The number of unbranched alkanes of at least 4 members (excludes halogenated alkanes) is 16. The maximum absolute atomic E-state index is 11.2. The molecule has 0 aromatic heterocycles. The van der Waals surface area contributed by atoms with Gasteiger partial charge in [-0.05, 0) is 33.1 Å². The van der Waals surface area contributed by atoms with Crippen LogP contribution in [0.2, 0.25) is 0 Å². The van der Waals surface area contributed by atoms with Gasteiger partial charge in [0.05, 0.1) is 13.2 Å². The molecule has 1 saturated heterocycles. The van der Waals surface area contributed by atoms with E-state index >= 15 is 0 Å². The standard InChI is InChI=1S/C22H42O2.C8H14O2.C4H7NO/c1-4-5-6-7-8-9-10-11-12-13-14-15-16-17-18-19-20-24-22(23)21(2)3;1-4-5-6-10-8(9)7(2)3;6-4-2-1-3-5-4/h2,4-20H2,1,3H3;2,4-6H2,1,3H3;1-3H2,(H,5,6). The monoisotopic (exact) mass is 565 g/mol. The van der Waals surface area contributed by atoms with E-state index in [1.807, 2.05) is 0 Å². The molecule has 1 aliphatic rings. The van der Waals surface area contributed by atoms with Crippen LogP contribution in [0, 0.1) is 0 Å². The third-order valence-electron chi connectivity index (χ3n) is 6.56. The van der Waals surface area contributed by atoms with Gasteiger partial charge in [0.1, 0.15) is 0 Å². The lowest BCUT2D eigenvalue weighted by Crippen LogP contribution is -2.12. The van der Waals surface area contributed by atoms with Crippen molar-refractivity contribution < 1.29 is 23.9 Å². The molecule has 0 unspecified atom stereocenters. The van der Waals surface area contributed by atoms with Crippen molar-refractivity contribution in [1.82, 2.24) is 5.32 Å². The average molecular weight is 566 g/mol. The molecular weight excluding hydrogens is 502 g/mol. The molecule has 0 aromatic rings. The summed E-state index contributed by atoms with van der Waals surface area (Å²) in [6.45, 7) is 16.7. The number of esters is 2. The van der Waals surface area contributed by atoms with Crippen LogP contribution in [-0.2, 0) is 23.9 Å². The van der Waals surface area contributed by atoms with E-state index in [4.69, 9.17) is 9.47 Å². The summed E-state index contributed by atoms with van der Waals surface area (Å²) in [6.07, 6.45) is 25.5. The van der Waals surface area contributed by atoms with E-state index in [2.05, 4.69) is 32.3 Å². The maximum Gasteiger partial charge on any atom is 0.333 e. The predicted molar refractivity (Wildman–Crippen MR) is 168 cm³/mol. The number of carbonyl (C=O) groups excluding carboxylic acids is 3. The van der Waals surface area contributed by atoms with Gasteiger partial charge in [0.15, 0.2) is 0 Å². The van der Waals surface area contributed by atoms with Crippen LogP contribution in [0.5, 0.6) is 0 Å². The van der Waals surface area contributed by atoms with Gasteiger partial charge in [0.2, 0.25) is 5.91 Å². The van der Waals surface area contributed by atoms with Crippen molar-refractivity contribution in [3.63, 3.8) is 0 Å². The fourth-order valence-corrected chi connectivity index (χ4v) is 3.94. The molecule has 0 atom stereocenters.